The third-order valence-corrected chi connectivity index (χ3v) is 5.89. The molecule has 2 aromatic rings. The van der Waals surface area contributed by atoms with Gasteiger partial charge in [-0.1, -0.05) is 0 Å². The van der Waals surface area contributed by atoms with Crippen LogP contribution in [0.15, 0.2) is 35.5 Å². The Morgan fingerprint density at radius 2 is 1.72 bits per heavy atom. The summed E-state index contributed by atoms with van der Waals surface area (Å²) in [6.45, 7) is 3.49. The smallest absolute Gasteiger partial charge is 0.265 e. The molecule has 25 heavy (non-hydrogen) atoms. The first-order valence-electron chi connectivity index (χ1n) is 7.55. The predicted molar refractivity (Wildman–Crippen MR) is 89.8 cm³/mol. The van der Waals surface area contributed by atoms with Gasteiger partial charge in [-0.05, 0) is 32.0 Å². The highest BCUT2D eigenvalue weighted by Crippen LogP contribution is 2.28. The van der Waals surface area contributed by atoms with E-state index in [1.807, 2.05) is 0 Å². The van der Waals surface area contributed by atoms with E-state index in [0.717, 1.165) is 9.21 Å². The molecule has 3 rings (SSSR count). The van der Waals surface area contributed by atoms with E-state index >= 15 is 0 Å². The van der Waals surface area contributed by atoms with Gasteiger partial charge in [0, 0.05) is 26.0 Å². The predicted octanol–water partition coefficient (Wildman–Crippen LogP) is 1.23. The van der Waals surface area contributed by atoms with Gasteiger partial charge >= 0.3 is 0 Å². The van der Waals surface area contributed by atoms with Crippen LogP contribution in [0.4, 0.5) is 5.82 Å². The van der Waals surface area contributed by atoms with Gasteiger partial charge in [-0.2, -0.15) is 0 Å². The Hall–Kier alpha value is -2.81. The van der Waals surface area contributed by atoms with Crippen molar-refractivity contribution in [1.82, 2.24) is 14.9 Å². The number of sulfonamides is 1. The Kier molecular flexibility index (Phi) is 4.03. The summed E-state index contributed by atoms with van der Waals surface area (Å²) in [6.07, 6.45) is 2.90. The van der Waals surface area contributed by atoms with Crippen LogP contribution in [-0.4, -0.2) is 48.7 Å². The highest BCUT2D eigenvalue weighted by molar-refractivity contribution is 7.92. The summed E-state index contributed by atoms with van der Waals surface area (Å²) in [5.41, 5.74) is 0.755. The lowest BCUT2D eigenvalue weighted by atomic mass is 10.1. The molecule has 2 amide bonds. The largest absolute Gasteiger partial charge is 0.277 e. The third-order valence-electron chi connectivity index (χ3n) is 4.03. The minimum absolute atomic E-state index is 0.0744. The number of aryl methyl sites for hydroxylation is 1. The number of fused-ring (bicyclic) bond motifs is 1. The van der Waals surface area contributed by atoms with Crippen molar-refractivity contribution in [2.45, 2.75) is 18.7 Å². The molecule has 1 aliphatic rings. The van der Waals surface area contributed by atoms with Gasteiger partial charge in [0.25, 0.3) is 21.8 Å². The molecule has 0 aliphatic carbocycles. The number of nitrogens with zero attached hydrogens (tertiary/aromatic N) is 4. The zero-order valence-corrected chi connectivity index (χ0v) is 14.7. The summed E-state index contributed by atoms with van der Waals surface area (Å²) < 4.78 is 27.2. The van der Waals surface area contributed by atoms with Crippen LogP contribution in [0.5, 0.6) is 0 Å². The van der Waals surface area contributed by atoms with Gasteiger partial charge in [-0.15, -0.1) is 0 Å². The molecule has 130 valence electrons. The van der Waals surface area contributed by atoms with Crippen molar-refractivity contribution in [1.29, 1.82) is 0 Å². The molecule has 0 fully saturated rings. The average Bonchev–Trinajstić information content (AvgIpc) is 2.81. The summed E-state index contributed by atoms with van der Waals surface area (Å²) in [5.74, 6) is -0.734. The number of carbonyl (C=O) groups excluding carboxylic acids is 2. The van der Waals surface area contributed by atoms with Gasteiger partial charge in [0.05, 0.1) is 21.7 Å². The molecule has 0 spiro atoms. The van der Waals surface area contributed by atoms with E-state index in [4.69, 9.17) is 0 Å². The average molecular weight is 360 g/mol. The molecule has 0 atom stereocenters. The lowest BCUT2D eigenvalue weighted by molar-refractivity contribution is 0.0693. The molecule has 1 aromatic carbocycles. The molecule has 9 heteroatoms. The normalized spacial score (nSPS) is 14.0. The second-order valence-electron chi connectivity index (χ2n) is 5.51. The Bertz CT molecular complexity index is 987. The zero-order chi connectivity index (χ0) is 18.4. The number of rotatable bonds is 4. The Morgan fingerprint density at radius 3 is 2.36 bits per heavy atom. The molecule has 0 N–H and O–H groups in total. The maximum Gasteiger partial charge on any atom is 0.265 e. The fourth-order valence-electron chi connectivity index (χ4n) is 2.71. The van der Waals surface area contributed by atoms with Crippen LogP contribution in [0.3, 0.4) is 0 Å². The summed E-state index contributed by atoms with van der Waals surface area (Å²) in [6, 6.07) is 3.93. The highest BCUT2D eigenvalue weighted by atomic mass is 32.2. The monoisotopic (exact) mass is 360 g/mol. The quantitative estimate of drug-likeness (QED) is 0.760. The molecule has 0 saturated carbocycles. The highest BCUT2D eigenvalue weighted by Gasteiger charge is 2.35. The van der Waals surface area contributed by atoms with E-state index in [1.54, 1.807) is 13.8 Å². The van der Waals surface area contributed by atoms with E-state index < -0.39 is 21.8 Å². The molecule has 0 bridgehead atoms. The van der Waals surface area contributed by atoms with Gasteiger partial charge in [-0.3, -0.25) is 19.5 Å². The van der Waals surface area contributed by atoms with Gasteiger partial charge in [-0.25, -0.2) is 17.7 Å². The number of hydrogen-bond donors (Lipinski definition) is 0. The molecule has 0 radical (unpaired) electrons. The van der Waals surface area contributed by atoms with Crippen molar-refractivity contribution in [2.75, 3.05) is 17.9 Å². The van der Waals surface area contributed by atoms with Crippen LogP contribution in [-0.2, 0) is 10.0 Å². The van der Waals surface area contributed by atoms with Gasteiger partial charge in [0.15, 0.2) is 5.82 Å². The van der Waals surface area contributed by atoms with Crippen LogP contribution in [0.1, 0.15) is 33.3 Å². The number of hydrogen-bond acceptors (Lipinski definition) is 6. The Labute approximate surface area is 145 Å². The van der Waals surface area contributed by atoms with Crippen molar-refractivity contribution in [3.63, 3.8) is 0 Å². The zero-order valence-electron chi connectivity index (χ0n) is 13.9. The Morgan fingerprint density at radius 1 is 1.08 bits per heavy atom. The second-order valence-corrected chi connectivity index (χ2v) is 7.37. The number of anilines is 1. The minimum Gasteiger partial charge on any atom is -0.277 e. The first kappa shape index (κ1) is 17.0. The van der Waals surface area contributed by atoms with Gasteiger partial charge in [0.2, 0.25) is 0 Å². The number of benzene rings is 1. The van der Waals surface area contributed by atoms with Crippen LogP contribution in [0.25, 0.3) is 0 Å². The molecule has 1 aliphatic heterocycles. The van der Waals surface area contributed by atoms with E-state index in [-0.39, 0.29) is 28.4 Å². The van der Waals surface area contributed by atoms with Gasteiger partial charge < -0.3 is 0 Å². The van der Waals surface area contributed by atoms with E-state index in [9.17, 15) is 18.0 Å². The molecule has 2 heterocycles. The summed E-state index contributed by atoms with van der Waals surface area (Å²) in [5, 5.41) is 0. The SMILES string of the molecule is CCN(c1nccnc1C)S(=O)(=O)c1ccc2c(c1)C(=O)N(C)C2=O. The van der Waals surface area contributed by atoms with Crippen LogP contribution < -0.4 is 4.31 Å². The lowest BCUT2D eigenvalue weighted by Crippen LogP contribution is -2.32. The summed E-state index contributed by atoms with van der Waals surface area (Å²) >= 11 is 0. The van der Waals surface area contributed by atoms with E-state index in [2.05, 4.69) is 9.97 Å². The number of amides is 2. The molecule has 0 unspecified atom stereocenters. The molecular formula is C16H16N4O4S. The standard InChI is InChI=1S/C16H16N4O4S/c1-4-20(14-10(2)17-7-8-18-14)25(23,24)11-5-6-12-13(9-11)16(22)19(3)15(12)21/h5-9H,4H2,1-3H3. The third kappa shape index (κ3) is 2.56. The van der Waals surface area contributed by atoms with Crippen LogP contribution in [0, 0.1) is 6.92 Å². The maximum absolute atomic E-state index is 13.0. The second kappa shape index (κ2) is 5.92. The van der Waals surface area contributed by atoms with Crippen LogP contribution >= 0.6 is 0 Å². The van der Waals surface area contributed by atoms with Crippen molar-refractivity contribution in [2.24, 2.45) is 0 Å². The van der Waals surface area contributed by atoms with Crippen molar-refractivity contribution in [3.05, 3.63) is 47.4 Å². The fraction of sp³-hybridized carbons (Fsp3) is 0.250. The molecule has 0 saturated heterocycles. The van der Waals surface area contributed by atoms with Gasteiger partial charge in [0.1, 0.15) is 0 Å². The van der Waals surface area contributed by atoms with Crippen LogP contribution in [0.2, 0.25) is 0 Å². The molecular weight excluding hydrogens is 344 g/mol. The number of carbonyl (C=O) groups is 2. The molecule has 8 nitrogen and oxygen atoms in total. The maximum atomic E-state index is 13.0. The number of imide groups is 1. The Balaban J connectivity index is 2.11. The summed E-state index contributed by atoms with van der Waals surface area (Å²) in [7, 11) is -2.60. The van der Waals surface area contributed by atoms with E-state index in [1.165, 1.54) is 37.6 Å². The van der Waals surface area contributed by atoms with Crippen molar-refractivity contribution < 1.29 is 18.0 Å². The van der Waals surface area contributed by atoms with Crippen molar-refractivity contribution >= 4 is 27.7 Å². The summed E-state index contributed by atoms with van der Waals surface area (Å²) in [4.78, 5) is 33.1. The minimum atomic E-state index is -3.96. The first-order valence-corrected chi connectivity index (χ1v) is 8.99. The lowest BCUT2D eigenvalue weighted by Gasteiger charge is -2.22. The fourth-order valence-corrected chi connectivity index (χ4v) is 4.21. The first-order chi connectivity index (χ1) is 11.8. The van der Waals surface area contributed by atoms with E-state index in [0.29, 0.717) is 5.69 Å². The topological polar surface area (TPSA) is 101 Å². The van der Waals surface area contributed by atoms with Crippen molar-refractivity contribution in [3.8, 4) is 0 Å². The number of aromatic nitrogens is 2. The molecule has 1 aromatic heterocycles.